The first-order valence-electron chi connectivity index (χ1n) is 6.63. The van der Waals surface area contributed by atoms with E-state index in [-0.39, 0.29) is 11.2 Å². The van der Waals surface area contributed by atoms with Crippen LogP contribution in [0.4, 0.5) is 5.69 Å². The highest BCUT2D eigenvalue weighted by Gasteiger charge is 2.17. The van der Waals surface area contributed by atoms with E-state index in [9.17, 15) is 10.1 Å². The lowest BCUT2D eigenvalue weighted by molar-refractivity contribution is -0.384. The van der Waals surface area contributed by atoms with Crippen LogP contribution >= 0.6 is 0 Å². The van der Waals surface area contributed by atoms with Crippen molar-refractivity contribution in [3.63, 3.8) is 0 Å². The van der Waals surface area contributed by atoms with E-state index in [1.807, 2.05) is 0 Å². The van der Waals surface area contributed by atoms with Gasteiger partial charge in [0.25, 0.3) is 5.69 Å². The molecule has 0 saturated heterocycles. The lowest BCUT2D eigenvalue weighted by Gasteiger charge is -2.28. The smallest absolute Gasteiger partial charge is 0.269 e. The molecule has 1 aromatic rings. The number of non-ortho nitro benzene ring substituents is 1. The van der Waals surface area contributed by atoms with E-state index in [0.717, 1.165) is 19.4 Å². The molecule has 1 aromatic carbocycles. The van der Waals surface area contributed by atoms with Crippen molar-refractivity contribution in [1.82, 2.24) is 5.32 Å². The van der Waals surface area contributed by atoms with Gasteiger partial charge in [0.15, 0.2) is 0 Å². The van der Waals surface area contributed by atoms with Crippen LogP contribution in [0.3, 0.4) is 0 Å². The summed E-state index contributed by atoms with van der Waals surface area (Å²) in [6.07, 6.45) is 2.14. The second-order valence-corrected chi connectivity index (χ2v) is 4.79. The molecule has 0 aliphatic heterocycles. The molecular formula is C14H22N2O3. The zero-order chi connectivity index (χ0) is 14.3. The molecule has 0 heterocycles. The van der Waals surface area contributed by atoms with Gasteiger partial charge < -0.3 is 10.1 Å². The summed E-state index contributed by atoms with van der Waals surface area (Å²) in [6, 6.07) is 6.14. The number of rotatable bonds is 8. The molecule has 0 saturated carbocycles. The van der Waals surface area contributed by atoms with Gasteiger partial charge in [-0.3, -0.25) is 10.1 Å². The summed E-state index contributed by atoms with van der Waals surface area (Å²) in [6.45, 7) is 7.82. The first kappa shape index (κ1) is 15.4. The first-order valence-corrected chi connectivity index (χ1v) is 6.63. The molecule has 0 aromatic heterocycles. The van der Waals surface area contributed by atoms with E-state index >= 15 is 0 Å². The summed E-state index contributed by atoms with van der Waals surface area (Å²) < 4.78 is 5.54. The minimum atomic E-state index is -0.417. The van der Waals surface area contributed by atoms with E-state index in [0.29, 0.717) is 12.4 Å². The van der Waals surface area contributed by atoms with Crippen LogP contribution in [0, 0.1) is 10.1 Å². The maximum absolute atomic E-state index is 10.5. The van der Waals surface area contributed by atoms with Crippen LogP contribution in [0.1, 0.15) is 33.6 Å². The molecule has 0 bridgehead atoms. The number of nitro benzene ring substituents is 1. The van der Waals surface area contributed by atoms with E-state index < -0.39 is 4.92 Å². The molecule has 0 amide bonds. The van der Waals surface area contributed by atoms with Crippen molar-refractivity contribution in [1.29, 1.82) is 0 Å². The lowest BCUT2D eigenvalue weighted by atomic mass is 9.96. The van der Waals surface area contributed by atoms with Gasteiger partial charge in [-0.15, -0.1) is 0 Å². The quantitative estimate of drug-likeness (QED) is 0.446. The zero-order valence-corrected chi connectivity index (χ0v) is 11.8. The van der Waals surface area contributed by atoms with Crippen LogP contribution in [-0.4, -0.2) is 23.6 Å². The third-order valence-electron chi connectivity index (χ3n) is 3.53. The molecule has 0 radical (unpaired) electrons. The summed E-state index contributed by atoms with van der Waals surface area (Å²) in [5.74, 6) is 0.655. The number of ether oxygens (including phenoxy) is 1. The second kappa shape index (κ2) is 7.09. The third kappa shape index (κ3) is 4.87. The molecule has 0 atom stereocenters. The van der Waals surface area contributed by atoms with Gasteiger partial charge in [-0.1, -0.05) is 13.8 Å². The second-order valence-electron chi connectivity index (χ2n) is 4.79. The predicted molar refractivity (Wildman–Crippen MR) is 75.6 cm³/mol. The fourth-order valence-corrected chi connectivity index (χ4v) is 1.69. The normalized spacial score (nSPS) is 11.3. The van der Waals surface area contributed by atoms with Crippen molar-refractivity contribution >= 4 is 5.69 Å². The van der Waals surface area contributed by atoms with Crippen LogP contribution in [0.2, 0.25) is 0 Å². The number of nitro groups is 1. The fourth-order valence-electron chi connectivity index (χ4n) is 1.69. The zero-order valence-electron chi connectivity index (χ0n) is 11.8. The largest absolute Gasteiger partial charge is 0.492 e. The molecule has 106 valence electrons. The molecule has 5 heteroatoms. The Bertz CT molecular complexity index is 400. The Morgan fingerprint density at radius 1 is 1.26 bits per heavy atom. The van der Waals surface area contributed by atoms with E-state index in [1.165, 1.54) is 12.1 Å². The van der Waals surface area contributed by atoms with Gasteiger partial charge in [-0.05, 0) is 31.9 Å². The Morgan fingerprint density at radius 3 is 2.32 bits per heavy atom. The number of nitrogens with one attached hydrogen (secondary N) is 1. The maximum Gasteiger partial charge on any atom is 0.269 e. The highest BCUT2D eigenvalue weighted by Crippen LogP contribution is 2.17. The topological polar surface area (TPSA) is 64.4 Å². The molecule has 5 nitrogen and oxygen atoms in total. The minimum Gasteiger partial charge on any atom is -0.492 e. The molecule has 19 heavy (non-hydrogen) atoms. The highest BCUT2D eigenvalue weighted by molar-refractivity contribution is 5.35. The van der Waals surface area contributed by atoms with Crippen molar-refractivity contribution in [3.05, 3.63) is 34.4 Å². The van der Waals surface area contributed by atoms with Gasteiger partial charge in [-0.25, -0.2) is 0 Å². The van der Waals surface area contributed by atoms with E-state index in [2.05, 4.69) is 26.1 Å². The van der Waals surface area contributed by atoms with Gasteiger partial charge in [-0.2, -0.15) is 0 Å². The van der Waals surface area contributed by atoms with Crippen LogP contribution in [-0.2, 0) is 0 Å². The number of hydrogen-bond acceptors (Lipinski definition) is 4. The van der Waals surface area contributed by atoms with E-state index in [4.69, 9.17) is 4.74 Å². The molecule has 0 unspecified atom stereocenters. The lowest BCUT2D eigenvalue weighted by Crippen LogP contribution is -2.43. The average Bonchev–Trinajstić information content (AvgIpc) is 2.44. The summed E-state index contributed by atoms with van der Waals surface area (Å²) in [4.78, 5) is 10.1. The van der Waals surface area contributed by atoms with Crippen molar-refractivity contribution in [2.45, 2.75) is 39.2 Å². The standard InChI is InChI=1S/C14H22N2O3/c1-4-14(3,5-2)15-10-11-19-13-8-6-12(7-9-13)16(17)18/h6-9,15H,4-5,10-11H2,1-3H3. The SMILES string of the molecule is CCC(C)(CC)NCCOc1ccc([N+](=O)[O-])cc1. The van der Waals surface area contributed by atoms with E-state index in [1.54, 1.807) is 12.1 Å². The number of hydrogen-bond donors (Lipinski definition) is 1. The summed E-state index contributed by atoms with van der Waals surface area (Å²) >= 11 is 0. The molecule has 0 aliphatic rings. The van der Waals surface area contributed by atoms with Crippen LogP contribution < -0.4 is 10.1 Å². The molecular weight excluding hydrogens is 244 g/mol. The Hall–Kier alpha value is -1.62. The van der Waals surface area contributed by atoms with Gasteiger partial charge in [0.2, 0.25) is 0 Å². The predicted octanol–water partition coefficient (Wildman–Crippen LogP) is 3.14. The van der Waals surface area contributed by atoms with Crippen molar-refractivity contribution < 1.29 is 9.66 Å². The molecule has 0 fully saturated rings. The first-order chi connectivity index (χ1) is 9.00. The number of benzene rings is 1. The highest BCUT2D eigenvalue weighted by atomic mass is 16.6. The van der Waals surface area contributed by atoms with Crippen LogP contribution in [0.5, 0.6) is 5.75 Å². The summed E-state index contributed by atoms with van der Waals surface area (Å²) in [5.41, 5.74) is 0.230. The summed E-state index contributed by atoms with van der Waals surface area (Å²) in [5, 5.41) is 14.0. The van der Waals surface area contributed by atoms with Crippen molar-refractivity contribution in [2.75, 3.05) is 13.2 Å². The van der Waals surface area contributed by atoms with Gasteiger partial charge >= 0.3 is 0 Å². The Kier molecular flexibility index (Phi) is 5.76. The number of nitrogens with zero attached hydrogens (tertiary/aromatic N) is 1. The summed E-state index contributed by atoms with van der Waals surface area (Å²) in [7, 11) is 0. The van der Waals surface area contributed by atoms with Crippen LogP contribution in [0.25, 0.3) is 0 Å². The van der Waals surface area contributed by atoms with Crippen molar-refractivity contribution in [3.8, 4) is 5.75 Å². The van der Waals surface area contributed by atoms with Crippen LogP contribution in [0.15, 0.2) is 24.3 Å². The molecule has 0 aliphatic carbocycles. The maximum atomic E-state index is 10.5. The molecule has 1 rings (SSSR count). The van der Waals surface area contributed by atoms with Gasteiger partial charge in [0.05, 0.1) is 4.92 Å². The fraction of sp³-hybridized carbons (Fsp3) is 0.571. The Morgan fingerprint density at radius 2 is 1.84 bits per heavy atom. The van der Waals surface area contributed by atoms with Gasteiger partial charge in [0.1, 0.15) is 12.4 Å². The van der Waals surface area contributed by atoms with Crippen molar-refractivity contribution in [2.24, 2.45) is 0 Å². The molecule has 0 spiro atoms. The average molecular weight is 266 g/mol. The minimum absolute atomic E-state index is 0.0787. The molecule has 1 N–H and O–H groups in total. The Labute approximate surface area is 114 Å². The monoisotopic (exact) mass is 266 g/mol. The third-order valence-corrected chi connectivity index (χ3v) is 3.53. The van der Waals surface area contributed by atoms with Gasteiger partial charge in [0, 0.05) is 24.2 Å². The Balaban J connectivity index is 2.35.